The van der Waals surface area contributed by atoms with Gasteiger partial charge in [-0.1, -0.05) is 84.9 Å². The largest absolute Gasteiger partial charge is 0.293 e. The van der Waals surface area contributed by atoms with E-state index in [0.29, 0.717) is 5.56 Å². The number of carbonyl (C=O) groups excluding carboxylic acids is 1. The Bertz CT molecular complexity index is 1260. The summed E-state index contributed by atoms with van der Waals surface area (Å²) < 4.78 is 27.6. The van der Waals surface area contributed by atoms with Crippen molar-refractivity contribution in [3.8, 4) is 11.1 Å². The summed E-state index contributed by atoms with van der Waals surface area (Å²) >= 11 is 0. The van der Waals surface area contributed by atoms with Crippen molar-refractivity contribution < 1.29 is 13.2 Å². The molecule has 0 bridgehead atoms. The predicted molar refractivity (Wildman–Crippen MR) is 115 cm³/mol. The van der Waals surface area contributed by atoms with Crippen LogP contribution in [-0.2, 0) is 10.0 Å². The topological polar surface area (TPSA) is 63.2 Å². The highest BCUT2D eigenvalue weighted by Crippen LogP contribution is 2.20. The highest BCUT2D eigenvalue weighted by atomic mass is 32.2. The molecule has 0 fully saturated rings. The molecule has 0 atom stereocenters. The highest BCUT2D eigenvalue weighted by Gasteiger charge is 2.16. The van der Waals surface area contributed by atoms with E-state index in [9.17, 15) is 13.2 Å². The monoisotopic (exact) mass is 401 g/mol. The number of nitrogens with one attached hydrogen (secondary N) is 1. The average Bonchev–Trinajstić information content (AvgIpc) is 2.78. The van der Waals surface area contributed by atoms with Gasteiger partial charge >= 0.3 is 0 Å². The molecule has 4 aromatic carbocycles. The van der Waals surface area contributed by atoms with Crippen LogP contribution in [0.5, 0.6) is 0 Å². The van der Waals surface area contributed by atoms with Crippen LogP contribution in [-0.4, -0.2) is 20.7 Å². The van der Waals surface area contributed by atoms with Crippen molar-refractivity contribution in [2.75, 3.05) is 6.54 Å². The fourth-order valence-corrected chi connectivity index (χ4v) is 4.18. The van der Waals surface area contributed by atoms with Crippen molar-refractivity contribution >= 4 is 26.6 Å². The number of benzene rings is 4. The summed E-state index contributed by atoms with van der Waals surface area (Å²) in [7, 11) is -3.78. The van der Waals surface area contributed by atoms with Gasteiger partial charge in [-0.2, -0.15) is 0 Å². The third kappa shape index (κ3) is 4.26. The van der Waals surface area contributed by atoms with Gasteiger partial charge in [-0.05, 0) is 34.0 Å². The molecule has 0 unspecified atom stereocenters. The number of hydrogen-bond acceptors (Lipinski definition) is 3. The number of rotatable bonds is 6. The van der Waals surface area contributed by atoms with Crippen molar-refractivity contribution in [3.63, 3.8) is 0 Å². The zero-order chi connectivity index (χ0) is 20.3. The molecule has 0 aliphatic heterocycles. The lowest BCUT2D eigenvalue weighted by molar-refractivity contribution is 0.0997. The van der Waals surface area contributed by atoms with E-state index >= 15 is 0 Å². The summed E-state index contributed by atoms with van der Waals surface area (Å²) in [6.45, 7) is -0.292. The van der Waals surface area contributed by atoms with Gasteiger partial charge in [-0.3, -0.25) is 4.79 Å². The van der Waals surface area contributed by atoms with E-state index in [4.69, 9.17) is 0 Å². The molecule has 4 rings (SSSR count). The first-order valence-corrected chi connectivity index (χ1v) is 10.7. The van der Waals surface area contributed by atoms with Crippen LogP contribution in [0.1, 0.15) is 10.4 Å². The Kier molecular flexibility index (Phi) is 5.25. The maximum atomic E-state index is 12.6. The van der Waals surface area contributed by atoms with Crippen LogP contribution in [0.4, 0.5) is 0 Å². The first-order valence-electron chi connectivity index (χ1n) is 9.20. The standard InChI is InChI=1S/C24H19NO3S/c26-24(21-12-10-20(11-13-21)18-6-2-1-3-7-18)17-25-29(27,28)23-15-14-19-8-4-5-9-22(19)16-23/h1-16,25H,17H2. The molecule has 0 heterocycles. The Hall–Kier alpha value is -3.28. The summed E-state index contributed by atoms with van der Waals surface area (Å²) in [5.41, 5.74) is 2.52. The molecule has 144 valence electrons. The fourth-order valence-electron chi connectivity index (χ4n) is 3.16. The minimum atomic E-state index is -3.78. The van der Waals surface area contributed by atoms with Gasteiger partial charge in [-0.25, -0.2) is 13.1 Å². The van der Waals surface area contributed by atoms with Crippen molar-refractivity contribution in [3.05, 3.63) is 103 Å². The number of hydrogen-bond donors (Lipinski definition) is 1. The SMILES string of the molecule is O=C(CNS(=O)(=O)c1ccc2ccccc2c1)c1ccc(-c2ccccc2)cc1. The summed E-state index contributed by atoms with van der Waals surface area (Å²) in [4.78, 5) is 12.6. The van der Waals surface area contributed by atoms with E-state index in [0.717, 1.165) is 21.9 Å². The zero-order valence-electron chi connectivity index (χ0n) is 15.6. The van der Waals surface area contributed by atoms with Crippen LogP contribution in [0.25, 0.3) is 21.9 Å². The second-order valence-electron chi connectivity index (χ2n) is 6.70. The number of carbonyl (C=O) groups is 1. The van der Waals surface area contributed by atoms with Gasteiger partial charge in [0.1, 0.15) is 0 Å². The van der Waals surface area contributed by atoms with Gasteiger partial charge in [0, 0.05) is 5.56 Å². The third-order valence-corrected chi connectivity index (χ3v) is 6.17. The minimum Gasteiger partial charge on any atom is -0.293 e. The quantitative estimate of drug-likeness (QED) is 0.478. The maximum Gasteiger partial charge on any atom is 0.241 e. The lowest BCUT2D eigenvalue weighted by Gasteiger charge is -2.08. The van der Waals surface area contributed by atoms with Crippen molar-refractivity contribution in [2.45, 2.75) is 4.90 Å². The molecule has 0 saturated carbocycles. The van der Waals surface area contributed by atoms with Gasteiger partial charge < -0.3 is 0 Å². The smallest absolute Gasteiger partial charge is 0.241 e. The maximum absolute atomic E-state index is 12.6. The van der Waals surface area contributed by atoms with Crippen LogP contribution in [0.2, 0.25) is 0 Å². The molecule has 4 nitrogen and oxygen atoms in total. The number of Topliss-reactive ketones (excluding diaryl/α,β-unsaturated/α-hetero) is 1. The summed E-state index contributed by atoms with van der Waals surface area (Å²) in [5, 5.41) is 1.79. The van der Waals surface area contributed by atoms with Gasteiger partial charge in [0.25, 0.3) is 0 Å². The normalized spacial score (nSPS) is 11.4. The molecule has 0 amide bonds. The molecule has 0 aliphatic rings. The van der Waals surface area contributed by atoms with Crippen molar-refractivity contribution in [1.29, 1.82) is 0 Å². The first-order chi connectivity index (χ1) is 14.0. The zero-order valence-corrected chi connectivity index (χ0v) is 16.4. The Morgan fingerprint density at radius 3 is 2.03 bits per heavy atom. The van der Waals surface area contributed by atoms with Gasteiger partial charge in [0.15, 0.2) is 5.78 Å². The van der Waals surface area contributed by atoms with Crippen LogP contribution in [0, 0.1) is 0 Å². The second kappa shape index (κ2) is 7.99. The predicted octanol–water partition coefficient (Wildman–Crippen LogP) is 4.67. The van der Waals surface area contributed by atoms with Crippen molar-refractivity contribution in [2.24, 2.45) is 0 Å². The summed E-state index contributed by atoms with van der Waals surface area (Å²) in [6.07, 6.45) is 0. The summed E-state index contributed by atoms with van der Waals surface area (Å²) in [6, 6.07) is 29.4. The minimum absolute atomic E-state index is 0.142. The molecule has 1 N–H and O–H groups in total. The first kappa shape index (κ1) is 19.1. The van der Waals surface area contributed by atoms with Crippen LogP contribution < -0.4 is 4.72 Å². The Morgan fingerprint density at radius 1 is 0.690 bits per heavy atom. The number of ketones is 1. The van der Waals surface area contributed by atoms with Gasteiger partial charge in [-0.15, -0.1) is 0 Å². The third-order valence-electron chi connectivity index (χ3n) is 4.77. The second-order valence-corrected chi connectivity index (χ2v) is 8.47. The van der Waals surface area contributed by atoms with E-state index in [1.807, 2.05) is 66.7 Å². The van der Waals surface area contributed by atoms with E-state index in [-0.39, 0.29) is 17.2 Å². The number of sulfonamides is 1. The van der Waals surface area contributed by atoms with Crippen LogP contribution >= 0.6 is 0 Å². The van der Waals surface area contributed by atoms with Crippen LogP contribution in [0.15, 0.2) is 102 Å². The Labute approximate surface area is 169 Å². The molecular weight excluding hydrogens is 382 g/mol. The lowest BCUT2D eigenvalue weighted by Crippen LogP contribution is -2.29. The molecule has 0 aliphatic carbocycles. The Morgan fingerprint density at radius 2 is 1.31 bits per heavy atom. The van der Waals surface area contributed by atoms with Gasteiger partial charge in [0.2, 0.25) is 10.0 Å². The van der Waals surface area contributed by atoms with Crippen molar-refractivity contribution in [1.82, 2.24) is 4.72 Å². The van der Waals surface area contributed by atoms with Crippen LogP contribution in [0.3, 0.4) is 0 Å². The molecule has 0 saturated heterocycles. The lowest BCUT2D eigenvalue weighted by atomic mass is 10.0. The molecule has 0 aromatic heterocycles. The van der Waals surface area contributed by atoms with E-state index in [1.165, 1.54) is 0 Å². The van der Waals surface area contributed by atoms with E-state index in [2.05, 4.69) is 4.72 Å². The molecule has 29 heavy (non-hydrogen) atoms. The fraction of sp³-hybridized carbons (Fsp3) is 0.0417. The highest BCUT2D eigenvalue weighted by molar-refractivity contribution is 7.89. The number of fused-ring (bicyclic) bond motifs is 1. The molecular formula is C24H19NO3S. The van der Waals surface area contributed by atoms with E-state index in [1.54, 1.807) is 30.3 Å². The molecule has 0 radical (unpaired) electrons. The summed E-state index contributed by atoms with van der Waals surface area (Å²) in [5.74, 6) is -0.283. The van der Waals surface area contributed by atoms with Gasteiger partial charge in [0.05, 0.1) is 11.4 Å². The average molecular weight is 401 g/mol. The molecule has 0 spiro atoms. The van der Waals surface area contributed by atoms with E-state index < -0.39 is 10.0 Å². The molecule has 5 heteroatoms. The molecule has 4 aromatic rings. The Balaban J connectivity index is 1.46.